The molecular weight excluding hydrogens is 1230 g/mol. The van der Waals surface area contributed by atoms with E-state index in [0.717, 1.165) is 0 Å². The zero-order chi connectivity index (χ0) is 72.8. The zero-order valence-electron chi connectivity index (χ0n) is 65.6. The molecule has 514 valence electrons. The SMILES string of the molecule is CC(C)(C)c1cc(-c2c3c(c(-c4cc(C(C)(C)C)cc(C(C)(C)C)c4)c4ccccc24)-c2ccc4c5c(ccc-3c25)-c2c-4c(-c3cc(C(C)(C)C)cc(C(C)(C)C)c3)c3cc4cc(-c5ccccc5)c(-c5ccccc5)cc4cc3c2-c2cc(C(C)(C)C)cc(C(C)(C)C)c2)cc(C(C)(C)C)c1. The van der Waals surface area contributed by atoms with Crippen LogP contribution in [0.2, 0.25) is 0 Å². The van der Waals surface area contributed by atoms with Crippen LogP contribution in [0.1, 0.15) is 211 Å². The molecule has 0 heteroatoms. The molecule has 0 unspecified atom stereocenters. The Bertz CT molecular complexity index is 5160. The highest BCUT2D eigenvalue weighted by molar-refractivity contribution is 6.36. The van der Waals surface area contributed by atoms with Crippen molar-refractivity contribution < 1.29 is 0 Å². The van der Waals surface area contributed by atoms with Gasteiger partial charge in [-0.25, -0.2) is 0 Å². The van der Waals surface area contributed by atoms with Crippen molar-refractivity contribution in [2.45, 2.75) is 209 Å². The lowest BCUT2D eigenvalue weighted by molar-refractivity contribution is 0.568. The lowest BCUT2D eigenvalue weighted by atomic mass is 9.75. The first-order valence-corrected chi connectivity index (χ1v) is 37.7. The monoisotopic (exact) mass is 1330 g/mol. The molecule has 0 amide bonds. The van der Waals surface area contributed by atoms with Gasteiger partial charge in [-0.3, -0.25) is 0 Å². The zero-order valence-corrected chi connectivity index (χ0v) is 65.6. The van der Waals surface area contributed by atoms with E-state index in [9.17, 15) is 0 Å². The van der Waals surface area contributed by atoms with Crippen molar-refractivity contribution in [3.8, 4) is 111 Å². The van der Waals surface area contributed by atoms with Crippen molar-refractivity contribution in [3.05, 3.63) is 251 Å². The molecule has 13 aromatic carbocycles. The van der Waals surface area contributed by atoms with Gasteiger partial charge < -0.3 is 0 Å². The maximum absolute atomic E-state index is 2.61. The molecule has 0 heterocycles. The van der Waals surface area contributed by atoms with Gasteiger partial charge in [-0.2, -0.15) is 0 Å². The molecule has 0 N–H and O–H groups in total. The van der Waals surface area contributed by atoms with Crippen LogP contribution in [0, 0.1) is 0 Å². The third-order valence-electron chi connectivity index (χ3n) is 22.8. The third-order valence-corrected chi connectivity index (χ3v) is 22.8. The Morgan fingerprint density at radius 3 is 0.578 bits per heavy atom. The molecule has 13 aromatic rings. The van der Waals surface area contributed by atoms with Crippen LogP contribution in [0.5, 0.6) is 0 Å². The Hall–Kier alpha value is -9.10. The minimum Gasteiger partial charge on any atom is -0.0622 e. The molecule has 2 aliphatic carbocycles. The van der Waals surface area contributed by atoms with E-state index in [1.165, 1.54) is 199 Å². The van der Waals surface area contributed by atoms with Crippen molar-refractivity contribution in [2.75, 3.05) is 0 Å². The average molecular weight is 1330 g/mol. The minimum absolute atomic E-state index is 0.0950. The van der Waals surface area contributed by atoms with E-state index < -0.39 is 0 Å². The molecule has 0 saturated carbocycles. The Morgan fingerprint density at radius 2 is 0.363 bits per heavy atom. The molecule has 0 aromatic heterocycles. The number of hydrogen-bond donors (Lipinski definition) is 0. The van der Waals surface area contributed by atoms with Gasteiger partial charge in [0.2, 0.25) is 0 Å². The Balaban J connectivity index is 1.17. The lowest BCUT2D eigenvalue weighted by Gasteiger charge is -2.29. The molecule has 0 nitrogen and oxygen atoms in total. The van der Waals surface area contributed by atoms with E-state index in [0.29, 0.717) is 0 Å². The van der Waals surface area contributed by atoms with Gasteiger partial charge in [-0.1, -0.05) is 348 Å². The maximum Gasteiger partial charge on any atom is -0.000740 e. The number of benzene rings is 13. The quantitative estimate of drug-likeness (QED) is 0.146. The summed E-state index contributed by atoms with van der Waals surface area (Å²) in [6.45, 7) is 57.4. The summed E-state index contributed by atoms with van der Waals surface area (Å²) in [4.78, 5) is 0. The summed E-state index contributed by atoms with van der Waals surface area (Å²) in [6.07, 6.45) is 0. The van der Waals surface area contributed by atoms with Crippen molar-refractivity contribution in [2.24, 2.45) is 0 Å². The van der Waals surface area contributed by atoms with E-state index >= 15 is 0 Å². The van der Waals surface area contributed by atoms with E-state index in [1.54, 1.807) is 0 Å². The highest BCUT2D eigenvalue weighted by Crippen LogP contribution is 2.66. The molecule has 0 fully saturated rings. The summed E-state index contributed by atoms with van der Waals surface area (Å²) in [5.41, 5.74) is 35.7. The van der Waals surface area contributed by atoms with E-state index in [2.05, 4.69) is 372 Å². The van der Waals surface area contributed by atoms with Crippen molar-refractivity contribution in [1.29, 1.82) is 0 Å². The second-order valence-corrected chi connectivity index (χ2v) is 38.7. The third kappa shape index (κ3) is 11.6. The second-order valence-electron chi connectivity index (χ2n) is 38.7. The van der Waals surface area contributed by atoms with E-state index in [4.69, 9.17) is 0 Å². The molecule has 0 aliphatic heterocycles. The van der Waals surface area contributed by atoms with Crippen molar-refractivity contribution >= 4 is 43.1 Å². The molecule has 0 atom stereocenters. The summed E-state index contributed by atoms with van der Waals surface area (Å²) < 4.78 is 0. The highest BCUT2D eigenvalue weighted by Gasteiger charge is 2.40. The summed E-state index contributed by atoms with van der Waals surface area (Å²) >= 11 is 0. The van der Waals surface area contributed by atoms with Crippen LogP contribution in [0.15, 0.2) is 206 Å². The molecule has 15 rings (SSSR count). The molecule has 0 radical (unpaired) electrons. The van der Waals surface area contributed by atoms with Crippen molar-refractivity contribution in [3.63, 3.8) is 0 Å². The standard InChI is InChI=1S/C102H106/c1-95(2,3)67-43-63(44-68(55-67)96(4,5)6)85-75-37-31-32-38-76(75)86(64-45-69(97(7,8)9)56-70(46-64)98(10,11)12)92-78-40-42-80-90-79(41-39-77(89(78)90)91(85)92)93-87(65-47-71(99(13,14)15)57-72(48-65)100(16,17)18)83-53-61-51-81(59-33-27-25-28-34-59)82(60-35-29-26-30-36-60)52-62(61)54-84(83)88(94(80)93)66-49-73(101(19,20)21)58-74(50-66)102(22,23)24/h25-58H,1-24H3. The Kier molecular flexibility index (Phi) is 15.6. The van der Waals surface area contributed by atoms with Gasteiger partial charge in [-0.15, -0.1) is 0 Å². The summed E-state index contributed by atoms with van der Waals surface area (Å²) in [5.74, 6) is 0. The van der Waals surface area contributed by atoms with Gasteiger partial charge in [0, 0.05) is 0 Å². The highest BCUT2D eigenvalue weighted by atomic mass is 14.4. The lowest BCUT2D eigenvalue weighted by Crippen LogP contribution is -2.17. The fraction of sp³-hybridized carbons (Fsp3) is 0.314. The number of hydrogen-bond acceptors (Lipinski definition) is 0. The van der Waals surface area contributed by atoms with Gasteiger partial charge >= 0.3 is 0 Å². The van der Waals surface area contributed by atoms with E-state index in [-0.39, 0.29) is 43.3 Å². The van der Waals surface area contributed by atoms with Gasteiger partial charge in [0.15, 0.2) is 0 Å². The predicted octanol–water partition coefficient (Wildman–Crippen LogP) is 30.0. The van der Waals surface area contributed by atoms with Crippen LogP contribution >= 0.6 is 0 Å². The molecular formula is C102H106. The fourth-order valence-corrected chi connectivity index (χ4v) is 16.6. The summed E-state index contributed by atoms with van der Waals surface area (Å²) in [5, 5.41) is 10.3. The van der Waals surface area contributed by atoms with Crippen LogP contribution in [-0.4, -0.2) is 0 Å². The van der Waals surface area contributed by atoms with Gasteiger partial charge in [-0.05, 0) is 266 Å². The second kappa shape index (κ2) is 23.2. The first-order chi connectivity index (χ1) is 47.6. The maximum atomic E-state index is 2.61. The van der Waals surface area contributed by atoms with Gasteiger partial charge in [0.05, 0.1) is 0 Å². The van der Waals surface area contributed by atoms with Gasteiger partial charge in [0.25, 0.3) is 0 Å². The fourth-order valence-electron chi connectivity index (χ4n) is 16.6. The molecule has 0 saturated heterocycles. The van der Waals surface area contributed by atoms with Crippen LogP contribution < -0.4 is 0 Å². The molecule has 102 heavy (non-hydrogen) atoms. The minimum atomic E-state index is -0.132. The van der Waals surface area contributed by atoms with Crippen LogP contribution in [0.4, 0.5) is 0 Å². The summed E-state index contributed by atoms with van der Waals surface area (Å²) in [6, 6.07) is 82.7. The molecule has 0 spiro atoms. The Labute approximate surface area is 610 Å². The smallest absolute Gasteiger partial charge is 0.000740 e. The first kappa shape index (κ1) is 68.7. The topological polar surface area (TPSA) is 0 Å². The normalized spacial score (nSPS) is 13.5. The van der Waals surface area contributed by atoms with Crippen LogP contribution in [-0.2, 0) is 43.3 Å². The van der Waals surface area contributed by atoms with Crippen LogP contribution in [0.25, 0.3) is 154 Å². The van der Waals surface area contributed by atoms with E-state index in [1.807, 2.05) is 0 Å². The molecule has 0 bridgehead atoms. The number of rotatable bonds is 6. The predicted molar refractivity (Wildman–Crippen MR) is 448 cm³/mol. The van der Waals surface area contributed by atoms with Crippen LogP contribution in [0.3, 0.4) is 0 Å². The number of fused-ring (bicyclic) bond motifs is 9. The first-order valence-electron chi connectivity index (χ1n) is 37.7. The summed E-state index contributed by atoms with van der Waals surface area (Å²) in [7, 11) is 0. The Morgan fingerprint density at radius 1 is 0.157 bits per heavy atom. The molecule has 2 aliphatic rings. The van der Waals surface area contributed by atoms with Gasteiger partial charge in [0.1, 0.15) is 0 Å². The largest absolute Gasteiger partial charge is 0.0622 e. The average Bonchev–Trinajstić information content (AvgIpc) is 1.50. The van der Waals surface area contributed by atoms with Crippen molar-refractivity contribution in [1.82, 2.24) is 0 Å².